The van der Waals surface area contributed by atoms with Crippen molar-refractivity contribution < 1.29 is 23.9 Å². The molecule has 1 saturated heterocycles. The molecule has 37 heavy (non-hydrogen) atoms. The number of nitrogens with one attached hydrogen (secondary N) is 1. The Labute approximate surface area is 224 Å². The maximum absolute atomic E-state index is 12.9. The number of para-hydroxylation sites is 1. The van der Waals surface area contributed by atoms with Gasteiger partial charge in [-0.1, -0.05) is 54.1 Å². The van der Waals surface area contributed by atoms with Gasteiger partial charge < -0.3 is 14.8 Å². The van der Waals surface area contributed by atoms with Crippen LogP contribution in [0.3, 0.4) is 0 Å². The van der Waals surface area contributed by atoms with Gasteiger partial charge in [-0.3, -0.25) is 19.3 Å². The minimum Gasteiger partial charge on any atom is -0.490 e. The van der Waals surface area contributed by atoms with Gasteiger partial charge in [-0.05, 0) is 72.6 Å². The van der Waals surface area contributed by atoms with E-state index in [0.717, 1.165) is 27.8 Å². The van der Waals surface area contributed by atoms with Gasteiger partial charge in [0.2, 0.25) is 5.91 Å². The monoisotopic (exact) mass is 536 g/mol. The molecule has 0 aliphatic carbocycles. The molecule has 0 aromatic heterocycles. The van der Waals surface area contributed by atoms with Gasteiger partial charge in [0.1, 0.15) is 13.2 Å². The second kappa shape index (κ2) is 12.0. The van der Waals surface area contributed by atoms with Crippen LogP contribution in [0.25, 0.3) is 6.08 Å². The fraction of sp³-hybridized carbons (Fsp3) is 0.179. The Hall–Kier alpha value is -3.75. The molecule has 0 bridgehead atoms. The number of hydrogen-bond donors (Lipinski definition) is 1. The van der Waals surface area contributed by atoms with Gasteiger partial charge in [-0.25, -0.2) is 0 Å². The zero-order chi connectivity index (χ0) is 26.4. The molecule has 0 spiro atoms. The molecule has 3 aromatic rings. The second-order valence-electron chi connectivity index (χ2n) is 8.16. The number of thioether (sulfide) groups is 1. The number of carbonyl (C=O) groups is 3. The van der Waals surface area contributed by atoms with Crippen molar-refractivity contribution in [1.29, 1.82) is 0 Å². The molecule has 1 aliphatic heterocycles. The van der Waals surface area contributed by atoms with Crippen molar-refractivity contribution in [3.63, 3.8) is 0 Å². The van der Waals surface area contributed by atoms with E-state index >= 15 is 0 Å². The Morgan fingerprint density at radius 3 is 2.51 bits per heavy atom. The standard InChI is InChI=1S/C28H25ClN2O5S/c1-3-35-23-14-19(13-22(29)26(23)36-17-20-10-8-7-9-18(20)2)15-24-27(33)31(28(34)37-24)16-25(32)30-21-11-5-4-6-12-21/h4-15H,3,16-17H2,1-2H3,(H,30,32)/b24-15-. The number of carbonyl (C=O) groups excluding carboxylic acids is 3. The summed E-state index contributed by atoms with van der Waals surface area (Å²) in [6.07, 6.45) is 1.56. The molecular weight excluding hydrogens is 512 g/mol. The van der Waals surface area contributed by atoms with Crippen molar-refractivity contribution in [3.8, 4) is 11.5 Å². The average molecular weight is 537 g/mol. The number of benzene rings is 3. The number of imide groups is 1. The summed E-state index contributed by atoms with van der Waals surface area (Å²) in [5, 5.41) is 2.47. The van der Waals surface area contributed by atoms with Crippen LogP contribution >= 0.6 is 23.4 Å². The Morgan fingerprint density at radius 1 is 1.05 bits per heavy atom. The van der Waals surface area contributed by atoms with E-state index in [1.807, 2.05) is 44.2 Å². The topological polar surface area (TPSA) is 84.9 Å². The minimum atomic E-state index is -0.549. The fourth-order valence-corrected chi connectivity index (χ4v) is 4.76. The molecule has 0 saturated carbocycles. The third kappa shape index (κ3) is 6.53. The van der Waals surface area contributed by atoms with Crippen LogP contribution in [0.2, 0.25) is 5.02 Å². The number of rotatable bonds is 9. The Balaban J connectivity index is 1.50. The zero-order valence-corrected chi connectivity index (χ0v) is 21.9. The zero-order valence-electron chi connectivity index (χ0n) is 20.3. The summed E-state index contributed by atoms with van der Waals surface area (Å²) >= 11 is 7.31. The number of halogens is 1. The first kappa shape index (κ1) is 26.3. The van der Waals surface area contributed by atoms with E-state index in [1.165, 1.54) is 0 Å². The first-order valence-corrected chi connectivity index (χ1v) is 12.8. The summed E-state index contributed by atoms with van der Waals surface area (Å²) in [4.78, 5) is 38.9. The summed E-state index contributed by atoms with van der Waals surface area (Å²) in [6, 6.07) is 20.1. The van der Waals surface area contributed by atoms with Crippen LogP contribution in [-0.4, -0.2) is 35.1 Å². The molecule has 1 fully saturated rings. The van der Waals surface area contributed by atoms with Crippen molar-refractivity contribution in [2.24, 2.45) is 0 Å². The van der Waals surface area contributed by atoms with Crippen LogP contribution in [-0.2, 0) is 16.2 Å². The normalized spacial score (nSPS) is 14.2. The highest BCUT2D eigenvalue weighted by Gasteiger charge is 2.36. The molecule has 0 atom stereocenters. The number of anilines is 1. The van der Waals surface area contributed by atoms with Crippen molar-refractivity contribution in [1.82, 2.24) is 4.90 Å². The number of nitrogens with zero attached hydrogens (tertiary/aromatic N) is 1. The Morgan fingerprint density at radius 2 is 1.78 bits per heavy atom. The van der Waals surface area contributed by atoms with E-state index in [2.05, 4.69) is 5.32 Å². The summed E-state index contributed by atoms with van der Waals surface area (Å²) in [7, 11) is 0. The lowest BCUT2D eigenvalue weighted by molar-refractivity contribution is -0.127. The average Bonchev–Trinajstić information content (AvgIpc) is 3.12. The molecule has 4 rings (SSSR count). The molecule has 3 amide bonds. The molecule has 3 aromatic carbocycles. The Bertz CT molecular complexity index is 1360. The SMILES string of the molecule is CCOc1cc(/C=C2\SC(=O)N(CC(=O)Nc3ccccc3)C2=O)cc(Cl)c1OCc1ccccc1C. The highest BCUT2D eigenvalue weighted by atomic mass is 35.5. The van der Waals surface area contributed by atoms with E-state index in [4.69, 9.17) is 21.1 Å². The largest absolute Gasteiger partial charge is 0.490 e. The van der Waals surface area contributed by atoms with Gasteiger partial charge in [0.15, 0.2) is 11.5 Å². The Kier molecular flexibility index (Phi) is 8.53. The smallest absolute Gasteiger partial charge is 0.294 e. The van der Waals surface area contributed by atoms with Crippen LogP contribution in [0.4, 0.5) is 10.5 Å². The first-order chi connectivity index (χ1) is 17.9. The minimum absolute atomic E-state index is 0.185. The number of hydrogen-bond acceptors (Lipinski definition) is 6. The van der Waals surface area contributed by atoms with E-state index in [0.29, 0.717) is 41.0 Å². The quantitative estimate of drug-likeness (QED) is 0.323. The summed E-state index contributed by atoms with van der Waals surface area (Å²) in [5.74, 6) is -0.190. The van der Waals surface area contributed by atoms with Crippen LogP contribution < -0.4 is 14.8 Å². The predicted octanol–water partition coefficient (Wildman–Crippen LogP) is 6.30. The summed E-state index contributed by atoms with van der Waals surface area (Å²) in [5.41, 5.74) is 3.27. The number of amides is 3. The van der Waals surface area contributed by atoms with Crippen molar-refractivity contribution in [3.05, 3.63) is 93.3 Å². The van der Waals surface area contributed by atoms with Crippen LogP contribution in [0.1, 0.15) is 23.6 Å². The van der Waals surface area contributed by atoms with Crippen LogP contribution in [0, 0.1) is 6.92 Å². The third-order valence-corrected chi connectivity index (χ3v) is 6.68. The van der Waals surface area contributed by atoms with Gasteiger partial charge >= 0.3 is 0 Å². The van der Waals surface area contributed by atoms with Gasteiger partial charge in [-0.15, -0.1) is 0 Å². The fourth-order valence-electron chi connectivity index (χ4n) is 3.65. The molecule has 0 unspecified atom stereocenters. The molecule has 1 heterocycles. The van der Waals surface area contributed by atoms with E-state index in [-0.39, 0.29) is 11.4 Å². The highest BCUT2D eigenvalue weighted by Crippen LogP contribution is 2.39. The molecule has 1 aliphatic rings. The number of ether oxygens (including phenoxy) is 2. The number of aryl methyl sites for hydroxylation is 1. The van der Waals surface area contributed by atoms with E-state index in [9.17, 15) is 14.4 Å². The highest BCUT2D eigenvalue weighted by molar-refractivity contribution is 8.18. The summed E-state index contributed by atoms with van der Waals surface area (Å²) in [6.45, 7) is 4.17. The van der Waals surface area contributed by atoms with E-state index in [1.54, 1.807) is 42.5 Å². The van der Waals surface area contributed by atoms with Crippen molar-refractivity contribution >= 4 is 52.2 Å². The summed E-state index contributed by atoms with van der Waals surface area (Å²) < 4.78 is 11.8. The molecule has 7 nitrogen and oxygen atoms in total. The molecular formula is C28H25ClN2O5S. The lowest BCUT2D eigenvalue weighted by Gasteiger charge is -2.15. The van der Waals surface area contributed by atoms with Crippen LogP contribution in [0.5, 0.6) is 11.5 Å². The van der Waals surface area contributed by atoms with Gasteiger partial charge in [0, 0.05) is 5.69 Å². The maximum Gasteiger partial charge on any atom is 0.294 e. The van der Waals surface area contributed by atoms with Gasteiger partial charge in [0.25, 0.3) is 11.1 Å². The lowest BCUT2D eigenvalue weighted by atomic mass is 10.1. The second-order valence-corrected chi connectivity index (χ2v) is 9.56. The van der Waals surface area contributed by atoms with Crippen molar-refractivity contribution in [2.75, 3.05) is 18.5 Å². The van der Waals surface area contributed by atoms with E-state index < -0.39 is 17.1 Å². The maximum atomic E-state index is 12.9. The lowest BCUT2D eigenvalue weighted by Crippen LogP contribution is -2.36. The predicted molar refractivity (Wildman–Crippen MR) is 146 cm³/mol. The van der Waals surface area contributed by atoms with Crippen molar-refractivity contribution in [2.45, 2.75) is 20.5 Å². The van der Waals surface area contributed by atoms with Gasteiger partial charge in [0.05, 0.1) is 16.5 Å². The van der Waals surface area contributed by atoms with Gasteiger partial charge in [-0.2, -0.15) is 0 Å². The third-order valence-electron chi connectivity index (χ3n) is 5.50. The molecule has 9 heteroatoms. The molecule has 1 N–H and O–H groups in total. The molecule has 0 radical (unpaired) electrons. The molecule has 190 valence electrons. The first-order valence-electron chi connectivity index (χ1n) is 11.6. The van der Waals surface area contributed by atoms with Crippen LogP contribution in [0.15, 0.2) is 71.6 Å².